The predicted octanol–water partition coefficient (Wildman–Crippen LogP) is 37.1. The Kier molecular flexibility index (Phi) is 22.9. The lowest BCUT2D eigenvalue weighted by Gasteiger charge is -2.13. The quantitative estimate of drug-likeness (QED) is 0.112. The fourth-order valence-electron chi connectivity index (χ4n) is 19.6. The van der Waals surface area contributed by atoms with Gasteiger partial charge in [0.05, 0.1) is 16.6 Å². The van der Waals surface area contributed by atoms with E-state index in [1.807, 2.05) is 96.7 Å². The number of benzene rings is 26. The first kappa shape index (κ1) is 83.1. The van der Waals surface area contributed by atoms with Gasteiger partial charge in [0, 0.05) is 61.2 Å². The van der Waals surface area contributed by atoms with Crippen molar-refractivity contribution in [2.75, 3.05) is 0 Å². The number of thiophene rings is 2. The van der Waals surface area contributed by atoms with Crippen molar-refractivity contribution in [1.82, 2.24) is 19.9 Å². The van der Waals surface area contributed by atoms with Crippen LogP contribution in [0.4, 0.5) is 0 Å². The van der Waals surface area contributed by atoms with E-state index in [-0.39, 0.29) is 0 Å². The van der Waals surface area contributed by atoms with Crippen LogP contribution in [-0.4, -0.2) is 19.9 Å². The summed E-state index contributed by atoms with van der Waals surface area (Å²) in [5.41, 5.74) is 2.96. The van der Waals surface area contributed by atoms with E-state index in [2.05, 4.69) is 444 Å². The maximum absolute atomic E-state index is 4.18. The molecule has 0 aliphatic rings. The van der Waals surface area contributed by atoms with Gasteiger partial charge in [0.25, 0.3) is 0 Å². The summed E-state index contributed by atoms with van der Waals surface area (Å²) < 4.78 is 4.13. The summed E-state index contributed by atoms with van der Waals surface area (Å²) in [5, 5.41) is 52.7. The molecule has 0 aliphatic heterocycles. The SMILES string of the molecule is c1cc2cccc3c4cccc5cccc(c(c1)c23)c54.c1ccc2c(c1)cc1ccc3cccc4ccc2c1c34.c1ccc2c(c1)ccc1ccc3ccc4ccccc4c3c12.c1ccc2c(c1)sc1ccccc12.c1ccc2cc3c(ccc4cc5ccccc5cc43)cc2c1.c1ccc2cnccc2c1.c1ccc2ncccc2c1.c1ccc2nccnc2c1.c1ccc2sccc2c1. The first-order chi connectivity index (χ1) is 67.5. The third-order valence-corrected chi connectivity index (χ3v) is 28.1. The Labute approximate surface area is 793 Å². The van der Waals surface area contributed by atoms with E-state index in [0.717, 1.165) is 16.6 Å². The molecule has 0 aliphatic carbocycles. The van der Waals surface area contributed by atoms with E-state index < -0.39 is 0 Å². The van der Waals surface area contributed by atoms with Crippen LogP contribution in [0.5, 0.6) is 0 Å². The highest BCUT2D eigenvalue weighted by molar-refractivity contribution is 7.25. The third kappa shape index (κ3) is 16.6. The van der Waals surface area contributed by atoms with Gasteiger partial charge in [-0.1, -0.05) is 400 Å². The van der Waals surface area contributed by atoms with E-state index >= 15 is 0 Å². The van der Waals surface area contributed by atoms with Crippen LogP contribution < -0.4 is 0 Å². The molecule has 638 valence electrons. The average Bonchev–Trinajstić information content (AvgIpc) is 1.02. The van der Waals surface area contributed by atoms with Crippen molar-refractivity contribution < 1.29 is 0 Å². The van der Waals surface area contributed by atoms with Crippen molar-refractivity contribution in [2.45, 2.75) is 0 Å². The average molecular weight is 1770 g/mol. The number of para-hydroxylation sites is 3. The summed E-state index contributed by atoms with van der Waals surface area (Å²) in [6.45, 7) is 0. The van der Waals surface area contributed by atoms with Gasteiger partial charge in [0.2, 0.25) is 0 Å². The van der Waals surface area contributed by atoms with Gasteiger partial charge in [0.15, 0.2) is 0 Å². The van der Waals surface area contributed by atoms with Crippen LogP contribution in [0.3, 0.4) is 0 Å². The van der Waals surface area contributed by atoms with Gasteiger partial charge in [-0.05, 0) is 279 Å². The van der Waals surface area contributed by atoms with Crippen LogP contribution in [0.2, 0.25) is 0 Å². The Hall–Kier alpha value is -17.3. The summed E-state index contributed by atoms with van der Waals surface area (Å²) in [5.74, 6) is 0. The monoisotopic (exact) mass is 1770 g/mol. The standard InChI is InChI=1S/2C22H14.2C20H12.C12H8S.2C9H7N.C8H6N2.C8H6S/c1-3-7-19-15(5-1)9-11-17-13-14-18-12-10-16-6-2-4-8-20(16)22(18)21(17)19;1-3-7-17-13-21-19(11-15(17)5-1)9-10-20-12-16-6-2-4-8-18(16)14-22(20)21;1-5-13-6-2-11-17-18-12-4-8-14-7-3-10-16(20(14)18)15(9-1)19(13)17;1-2-7-17-15(4-1)12-16-9-8-13-5-3-6-14-10-11-18(17)20(16)19(13)14;1-3-7-11-9(5-1)10-6-2-4-8-12(10)13-11;1-2-6-9-8(4-1)5-3-7-10-9;1-2-4-9-7-10-6-5-8(9)3-1;1-2-4-8-7(3-1)9-5-6-10-8;1-2-4-8-7(3-1)5-6-9-8/h2*1-14H;2*1-12H;1-8H;2*1-7H;1-6H;1-6H. The minimum atomic E-state index is 0.949. The largest absolute Gasteiger partial charge is 0.264 e. The summed E-state index contributed by atoms with van der Waals surface area (Å²) in [7, 11) is 0. The molecule has 0 saturated carbocycles. The van der Waals surface area contributed by atoms with Crippen molar-refractivity contribution in [3.8, 4) is 0 Å². The van der Waals surface area contributed by atoms with Gasteiger partial charge in [-0.2, -0.15) is 0 Å². The second-order valence-electron chi connectivity index (χ2n) is 34.1. The highest BCUT2D eigenvalue weighted by Crippen LogP contribution is 2.44. The van der Waals surface area contributed by atoms with E-state index in [4.69, 9.17) is 0 Å². The molecule has 0 N–H and O–H groups in total. The molecule has 0 radical (unpaired) electrons. The molecule has 0 spiro atoms. The lowest BCUT2D eigenvalue weighted by molar-refractivity contribution is 1.29. The van der Waals surface area contributed by atoms with E-state index in [1.165, 1.54) is 219 Å². The maximum atomic E-state index is 4.18. The van der Waals surface area contributed by atoms with E-state index in [1.54, 1.807) is 23.7 Å². The second kappa shape index (κ2) is 37.5. The number of hydrogen-bond acceptors (Lipinski definition) is 6. The molecule has 136 heavy (non-hydrogen) atoms. The van der Waals surface area contributed by atoms with Crippen molar-refractivity contribution in [1.29, 1.82) is 0 Å². The molecule has 31 rings (SSSR count). The first-order valence-corrected chi connectivity index (χ1v) is 47.7. The van der Waals surface area contributed by atoms with Gasteiger partial charge >= 0.3 is 0 Å². The van der Waals surface area contributed by atoms with Crippen LogP contribution in [0.25, 0.3) is 235 Å². The minimum absolute atomic E-state index is 0.949. The van der Waals surface area contributed by atoms with Crippen LogP contribution in [0.15, 0.2) is 522 Å². The summed E-state index contributed by atoms with van der Waals surface area (Å²) in [6.07, 6.45) is 8.88. The third-order valence-electron chi connectivity index (χ3n) is 26.0. The number of fused-ring (bicyclic) bond motifs is 23. The lowest BCUT2D eigenvalue weighted by atomic mass is 9.90. The molecule has 26 aromatic carbocycles. The number of aromatic nitrogens is 4. The molecule has 31 aromatic rings. The van der Waals surface area contributed by atoms with Gasteiger partial charge in [-0.15, -0.1) is 22.7 Å². The van der Waals surface area contributed by atoms with Crippen molar-refractivity contribution >= 4 is 258 Å². The molecule has 0 saturated heterocycles. The molecular weight excluding hydrogens is 1680 g/mol. The second-order valence-corrected chi connectivity index (χ2v) is 36.2. The van der Waals surface area contributed by atoms with Gasteiger partial charge < -0.3 is 0 Å². The fraction of sp³-hybridized carbons (Fsp3) is 0. The smallest absolute Gasteiger partial charge is 0.0886 e. The maximum Gasteiger partial charge on any atom is 0.0886 e. The zero-order chi connectivity index (χ0) is 90.5. The molecule has 6 heteroatoms. The van der Waals surface area contributed by atoms with Gasteiger partial charge in [-0.25, -0.2) is 0 Å². The number of hydrogen-bond donors (Lipinski definition) is 0. The highest BCUT2D eigenvalue weighted by atomic mass is 32.1. The topological polar surface area (TPSA) is 51.6 Å². The van der Waals surface area contributed by atoms with Crippen LogP contribution in [0.1, 0.15) is 0 Å². The van der Waals surface area contributed by atoms with Gasteiger partial charge in [0.1, 0.15) is 0 Å². The van der Waals surface area contributed by atoms with Crippen molar-refractivity contribution in [2.24, 2.45) is 0 Å². The summed E-state index contributed by atoms with van der Waals surface area (Å²) in [4.78, 5) is 16.4. The lowest BCUT2D eigenvalue weighted by Crippen LogP contribution is -1.85. The first-order valence-electron chi connectivity index (χ1n) is 46.1. The molecule has 5 aromatic heterocycles. The minimum Gasteiger partial charge on any atom is -0.264 e. The number of pyridine rings is 2. The molecular formula is C130H86N4S2. The van der Waals surface area contributed by atoms with Crippen LogP contribution in [-0.2, 0) is 0 Å². The molecule has 0 fully saturated rings. The zero-order valence-corrected chi connectivity index (χ0v) is 75.9. The number of rotatable bonds is 0. The highest BCUT2D eigenvalue weighted by Gasteiger charge is 2.16. The zero-order valence-electron chi connectivity index (χ0n) is 74.3. The molecule has 0 bridgehead atoms. The predicted molar refractivity (Wildman–Crippen MR) is 592 cm³/mol. The molecule has 5 heterocycles. The number of nitrogens with zero attached hydrogens (tertiary/aromatic N) is 4. The van der Waals surface area contributed by atoms with Crippen LogP contribution >= 0.6 is 22.7 Å². The molecule has 4 nitrogen and oxygen atoms in total. The van der Waals surface area contributed by atoms with Crippen molar-refractivity contribution in [3.63, 3.8) is 0 Å². The van der Waals surface area contributed by atoms with Gasteiger partial charge in [-0.3, -0.25) is 19.9 Å². The molecule has 0 unspecified atom stereocenters. The Morgan fingerprint density at radius 1 is 0.140 bits per heavy atom. The Balaban J connectivity index is 0.0000000877. The Bertz CT molecular complexity index is 9000. The Morgan fingerprint density at radius 3 is 0.963 bits per heavy atom. The summed E-state index contributed by atoms with van der Waals surface area (Å²) in [6, 6.07) is 172. The molecule has 0 amide bonds. The molecule has 0 atom stereocenters. The van der Waals surface area contributed by atoms with Crippen LogP contribution in [0, 0.1) is 0 Å². The Morgan fingerprint density at radius 2 is 0.456 bits per heavy atom. The van der Waals surface area contributed by atoms with E-state index in [0.29, 0.717) is 0 Å². The normalized spacial score (nSPS) is 11.2. The fourth-order valence-corrected chi connectivity index (χ4v) is 21.5. The van der Waals surface area contributed by atoms with E-state index in [9.17, 15) is 0 Å². The summed E-state index contributed by atoms with van der Waals surface area (Å²) >= 11 is 3.65. The van der Waals surface area contributed by atoms with Crippen molar-refractivity contribution in [3.05, 3.63) is 522 Å².